The fraction of sp³-hybridized carbons (Fsp3) is 0.200. The molecule has 0 unspecified atom stereocenters. The normalized spacial score (nSPS) is 11.5. The van der Waals surface area contributed by atoms with E-state index in [1.807, 2.05) is 6.92 Å². The Morgan fingerprint density at radius 2 is 2.14 bits per heavy atom. The van der Waals surface area contributed by atoms with Gasteiger partial charge < -0.3 is 4.18 Å². The van der Waals surface area contributed by atoms with Crippen LogP contribution in [0.2, 0.25) is 5.02 Å². The molecule has 0 fully saturated rings. The van der Waals surface area contributed by atoms with Crippen molar-refractivity contribution >= 4 is 29.7 Å². The quantitative estimate of drug-likeness (QED) is 0.566. The molecule has 76 valence electrons. The molecule has 0 N–H and O–H groups in total. The molecule has 1 aromatic rings. The Bertz CT molecular complexity index is 310. The molecule has 0 saturated heterocycles. The molecule has 0 radical (unpaired) electrons. The molecule has 14 heavy (non-hydrogen) atoms. The van der Waals surface area contributed by atoms with Crippen molar-refractivity contribution in [1.82, 2.24) is 0 Å². The minimum atomic E-state index is -0.598. The lowest BCUT2D eigenvalue weighted by molar-refractivity contribution is 0.351. The Labute approximate surface area is 92.1 Å². The molecular formula is C10H10ClFOS. The van der Waals surface area contributed by atoms with Crippen molar-refractivity contribution in [2.45, 2.75) is 6.92 Å². The second kappa shape index (κ2) is 5.94. The van der Waals surface area contributed by atoms with Gasteiger partial charge in [-0.3, -0.25) is 0 Å². The standard InChI is InChI=1S/C10H10ClFOS/c1-2-14-13-10(12)7-8-3-5-9(11)6-4-8/h3-7H,2H2,1H3/b10-7+. The zero-order valence-electron chi connectivity index (χ0n) is 7.67. The Hall–Kier alpha value is -0.670. The summed E-state index contributed by atoms with van der Waals surface area (Å²) in [6.45, 7) is 1.89. The predicted molar refractivity (Wildman–Crippen MR) is 59.8 cm³/mol. The van der Waals surface area contributed by atoms with Crippen LogP contribution in [0.3, 0.4) is 0 Å². The van der Waals surface area contributed by atoms with E-state index in [1.165, 1.54) is 6.08 Å². The highest BCUT2D eigenvalue weighted by Gasteiger charge is 1.96. The van der Waals surface area contributed by atoms with Gasteiger partial charge in [-0.25, -0.2) is 0 Å². The highest BCUT2D eigenvalue weighted by atomic mass is 35.5. The summed E-state index contributed by atoms with van der Waals surface area (Å²) >= 11 is 6.75. The monoisotopic (exact) mass is 232 g/mol. The lowest BCUT2D eigenvalue weighted by Crippen LogP contribution is -1.78. The van der Waals surface area contributed by atoms with Crippen molar-refractivity contribution in [3.63, 3.8) is 0 Å². The van der Waals surface area contributed by atoms with Crippen LogP contribution in [-0.4, -0.2) is 5.75 Å². The highest BCUT2D eigenvalue weighted by molar-refractivity contribution is 7.94. The lowest BCUT2D eigenvalue weighted by Gasteiger charge is -1.98. The molecule has 1 rings (SSSR count). The second-order valence-corrected chi connectivity index (χ2v) is 3.91. The van der Waals surface area contributed by atoms with Gasteiger partial charge in [-0.15, -0.1) is 0 Å². The second-order valence-electron chi connectivity index (χ2n) is 2.49. The summed E-state index contributed by atoms with van der Waals surface area (Å²) in [5, 5.41) is 0.631. The third-order valence-corrected chi connectivity index (χ3v) is 2.17. The van der Waals surface area contributed by atoms with Gasteiger partial charge in [0.2, 0.25) is 0 Å². The number of halogens is 2. The summed E-state index contributed by atoms with van der Waals surface area (Å²) in [5.74, 6) is 0.710. The van der Waals surface area contributed by atoms with Gasteiger partial charge in [-0.05, 0) is 17.7 Å². The Morgan fingerprint density at radius 3 is 2.71 bits per heavy atom. The summed E-state index contributed by atoms with van der Waals surface area (Å²) in [6.07, 6.45) is 1.32. The van der Waals surface area contributed by atoms with E-state index in [-0.39, 0.29) is 0 Å². The maximum absolute atomic E-state index is 13.0. The van der Waals surface area contributed by atoms with Gasteiger partial charge in [0.1, 0.15) is 0 Å². The molecule has 0 spiro atoms. The summed E-state index contributed by atoms with van der Waals surface area (Å²) in [5.41, 5.74) is 0.726. The average Bonchev–Trinajstić information content (AvgIpc) is 2.18. The van der Waals surface area contributed by atoms with Crippen molar-refractivity contribution < 1.29 is 8.57 Å². The summed E-state index contributed by atoms with van der Waals surface area (Å²) in [7, 11) is 0. The zero-order valence-corrected chi connectivity index (χ0v) is 9.24. The van der Waals surface area contributed by atoms with E-state index in [0.717, 1.165) is 17.6 Å². The summed E-state index contributed by atoms with van der Waals surface area (Å²) in [4.78, 5) is 0. The summed E-state index contributed by atoms with van der Waals surface area (Å²) < 4.78 is 17.7. The first-order valence-electron chi connectivity index (χ1n) is 4.14. The van der Waals surface area contributed by atoms with Crippen LogP contribution in [0.4, 0.5) is 4.39 Å². The van der Waals surface area contributed by atoms with Crippen LogP contribution in [0.25, 0.3) is 6.08 Å². The smallest absolute Gasteiger partial charge is 0.285 e. The van der Waals surface area contributed by atoms with Gasteiger partial charge in [0.05, 0.1) is 12.0 Å². The van der Waals surface area contributed by atoms with Crippen LogP contribution in [-0.2, 0) is 4.18 Å². The fourth-order valence-corrected chi connectivity index (χ4v) is 1.23. The molecule has 0 aliphatic heterocycles. The van der Waals surface area contributed by atoms with Crippen LogP contribution in [0.5, 0.6) is 0 Å². The lowest BCUT2D eigenvalue weighted by atomic mass is 10.2. The largest absolute Gasteiger partial charge is 0.397 e. The maximum Gasteiger partial charge on any atom is 0.285 e. The molecule has 1 aromatic carbocycles. The van der Waals surface area contributed by atoms with E-state index < -0.39 is 6.01 Å². The van der Waals surface area contributed by atoms with E-state index >= 15 is 0 Å². The molecule has 4 heteroatoms. The molecule has 0 amide bonds. The summed E-state index contributed by atoms with van der Waals surface area (Å²) in [6, 6.07) is 6.25. The molecule has 1 nitrogen and oxygen atoms in total. The van der Waals surface area contributed by atoms with Gasteiger partial charge in [-0.2, -0.15) is 4.39 Å². The van der Waals surface area contributed by atoms with Gasteiger partial charge in [0, 0.05) is 16.9 Å². The molecule has 0 bridgehead atoms. The molecule has 0 saturated carbocycles. The van der Waals surface area contributed by atoms with Crippen molar-refractivity contribution in [1.29, 1.82) is 0 Å². The minimum absolute atomic E-state index is 0.598. The number of hydrogen-bond donors (Lipinski definition) is 0. The van der Waals surface area contributed by atoms with Crippen LogP contribution >= 0.6 is 23.6 Å². The third kappa shape index (κ3) is 4.03. The van der Waals surface area contributed by atoms with E-state index in [9.17, 15) is 4.39 Å². The molecule has 0 atom stereocenters. The Morgan fingerprint density at radius 1 is 1.50 bits per heavy atom. The molecular weight excluding hydrogens is 223 g/mol. The number of benzene rings is 1. The van der Waals surface area contributed by atoms with Gasteiger partial charge in [-0.1, -0.05) is 30.7 Å². The van der Waals surface area contributed by atoms with Crippen LogP contribution < -0.4 is 0 Å². The van der Waals surface area contributed by atoms with E-state index in [4.69, 9.17) is 15.8 Å². The first-order valence-corrected chi connectivity index (χ1v) is 5.43. The highest BCUT2D eigenvalue weighted by Crippen LogP contribution is 2.16. The van der Waals surface area contributed by atoms with Crippen LogP contribution in [0, 0.1) is 0 Å². The number of rotatable bonds is 4. The number of hydrogen-bond acceptors (Lipinski definition) is 2. The van der Waals surface area contributed by atoms with Crippen molar-refractivity contribution in [3.05, 3.63) is 40.9 Å². The Balaban J connectivity index is 2.61. The van der Waals surface area contributed by atoms with Crippen molar-refractivity contribution in [2.75, 3.05) is 5.75 Å². The average molecular weight is 233 g/mol. The van der Waals surface area contributed by atoms with Crippen molar-refractivity contribution in [3.8, 4) is 0 Å². The Kier molecular flexibility index (Phi) is 4.84. The molecule has 0 aliphatic rings. The van der Waals surface area contributed by atoms with Gasteiger partial charge in [0.25, 0.3) is 6.01 Å². The minimum Gasteiger partial charge on any atom is -0.397 e. The maximum atomic E-state index is 13.0. The van der Waals surface area contributed by atoms with Crippen LogP contribution in [0.1, 0.15) is 12.5 Å². The predicted octanol–water partition coefficient (Wildman–Crippen LogP) is 4.29. The van der Waals surface area contributed by atoms with Crippen molar-refractivity contribution in [2.24, 2.45) is 0 Å². The SMILES string of the molecule is CCSO/C(F)=C/c1ccc(Cl)cc1. The third-order valence-electron chi connectivity index (χ3n) is 1.41. The molecule has 0 aromatic heterocycles. The van der Waals surface area contributed by atoms with E-state index in [1.54, 1.807) is 24.3 Å². The first kappa shape index (κ1) is 11.4. The fourth-order valence-electron chi connectivity index (χ4n) is 0.829. The van der Waals surface area contributed by atoms with Crippen LogP contribution in [0.15, 0.2) is 30.3 Å². The molecule has 0 aliphatic carbocycles. The zero-order chi connectivity index (χ0) is 10.4. The molecule has 0 heterocycles. The topological polar surface area (TPSA) is 9.23 Å². The van der Waals surface area contributed by atoms with E-state index in [0.29, 0.717) is 10.8 Å². The van der Waals surface area contributed by atoms with Gasteiger partial charge in [0.15, 0.2) is 0 Å². The van der Waals surface area contributed by atoms with Gasteiger partial charge >= 0.3 is 0 Å². The first-order chi connectivity index (χ1) is 6.72. The van der Waals surface area contributed by atoms with E-state index in [2.05, 4.69) is 0 Å².